The first-order chi connectivity index (χ1) is 24.8. The zero-order valence-electron chi connectivity index (χ0n) is 28.5. The van der Waals surface area contributed by atoms with Gasteiger partial charge in [0.2, 0.25) is 0 Å². The zero-order chi connectivity index (χ0) is 33.3. The van der Waals surface area contributed by atoms with E-state index in [9.17, 15) is 0 Å². The van der Waals surface area contributed by atoms with Crippen molar-refractivity contribution >= 4 is 8.78 Å². The van der Waals surface area contributed by atoms with E-state index >= 15 is 0 Å². The average molecular weight is 786 g/mol. The normalized spacial score (nSPS) is 13.5. The molecule has 0 bridgehead atoms. The number of rotatable bonds is 7. The smallest absolute Gasteiger partial charge is 1.00 e. The number of hydrogen-bond acceptors (Lipinski definition) is 0. The molecule has 0 aliphatic heterocycles. The summed E-state index contributed by atoms with van der Waals surface area (Å²) in [5.41, 5.74) is 19.1. The van der Waals surface area contributed by atoms with Crippen LogP contribution in [0.1, 0.15) is 37.9 Å². The summed E-state index contributed by atoms with van der Waals surface area (Å²) in [5.74, 6) is 0. The second-order valence-electron chi connectivity index (χ2n) is 13.0. The summed E-state index contributed by atoms with van der Waals surface area (Å²) in [6.07, 6.45) is 7.87. The molecule has 7 aromatic rings. The minimum absolute atomic E-state index is 0. The van der Waals surface area contributed by atoms with Crippen molar-refractivity contribution in [2.75, 3.05) is 0 Å². The van der Waals surface area contributed by atoms with Gasteiger partial charge >= 0.3 is 308 Å². The molecule has 9 rings (SSSR count). The molecule has 0 aromatic heterocycles. The molecule has 0 amide bonds. The van der Waals surface area contributed by atoms with Gasteiger partial charge < -0.3 is 24.8 Å². The van der Waals surface area contributed by atoms with Crippen LogP contribution in [0.3, 0.4) is 0 Å². The standard InChI is InChI=1S/C36H25.C13H10.2ClH.Zr/c1-4-13-25(14-5-1)30-22-12-21-29-23-33-31(26-17-10-11-18-26)24-32(27-15-6-2-7-16-27)34(36(33)35(29)30)28-19-8-3-9-20-28;1-3-7-12(8-4-1)11-13-9-5-2-6-10-13;;;/h1-17,19-24H,18H2;1-10H;2*1H;/q;;;;+2/p-2. The number of allylic oxidation sites excluding steroid dienone is 4. The number of hydrogen-bond donors (Lipinski definition) is 0. The molecular weight excluding hydrogens is 751 g/mol. The number of fused-ring (bicyclic) bond motifs is 3. The summed E-state index contributed by atoms with van der Waals surface area (Å²) < 4.78 is 1.87. The van der Waals surface area contributed by atoms with Crippen molar-refractivity contribution in [3.8, 4) is 44.5 Å². The Bertz CT molecular complexity index is 2370. The summed E-state index contributed by atoms with van der Waals surface area (Å²) in [6, 6.07) is 65.2. The van der Waals surface area contributed by atoms with Crippen LogP contribution in [-0.2, 0) is 22.8 Å². The maximum atomic E-state index is 2.54. The van der Waals surface area contributed by atoms with E-state index in [-0.39, 0.29) is 24.8 Å². The molecule has 0 saturated heterocycles. The molecule has 0 radical (unpaired) electrons. The molecule has 3 heteroatoms. The molecule has 0 heterocycles. The maximum absolute atomic E-state index is 2.54. The molecule has 1 unspecified atom stereocenters. The fraction of sp³-hybridized carbons (Fsp3) is 0.0408. The van der Waals surface area contributed by atoms with Crippen molar-refractivity contribution in [2.24, 2.45) is 0 Å². The monoisotopic (exact) mass is 783 g/mol. The average Bonchev–Trinajstić information content (AvgIpc) is 3.85. The van der Waals surface area contributed by atoms with E-state index in [2.05, 4.69) is 194 Å². The Balaban J connectivity index is 0.00000210. The van der Waals surface area contributed by atoms with Gasteiger partial charge in [-0.05, 0) is 0 Å². The van der Waals surface area contributed by atoms with E-state index in [1.165, 1.54) is 77.9 Å². The summed E-state index contributed by atoms with van der Waals surface area (Å²) in [4.78, 5) is 0. The van der Waals surface area contributed by atoms with Gasteiger partial charge in [-0.3, -0.25) is 0 Å². The Morgan fingerprint density at radius 2 is 0.981 bits per heavy atom. The molecular formula is C49H35Cl2Zr. The molecule has 0 N–H and O–H groups in total. The number of halogens is 2. The molecule has 2 aliphatic carbocycles. The van der Waals surface area contributed by atoms with Crippen LogP contribution >= 0.6 is 0 Å². The summed E-state index contributed by atoms with van der Waals surface area (Å²) in [6.45, 7) is 0. The van der Waals surface area contributed by atoms with Crippen LogP contribution < -0.4 is 24.8 Å². The van der Waals surface area contributed by atoms with Gasteiger partial charge in [-0.25, -0.2) is 0 Å². The molecule has 0 saturated carbocycles. The van der Waals surface area contributed by atoms with Crippen LogP contribution in [0.4, 0.5) is 0 Å². The van der Waals surface area contributed by atoms with Crippen molar-refractivity contribution in [1.29, 1.82) is 0 Å². The fourth-order valence-corrected chi connectivity index (χ4v) is 12.3. The summed E-state index contributed by atoms with van der Waals surface area (Å²) >= 11 is -1.37. The first kappa shape index (κ1) is 35.7. The van der Waals surface area contributed by atoms with E-state index in [1.807, 2.05) is 0 Å². The maximum Gasteiger partial charge on any atom is -1.00 e. The first-order valence-corrected chi connectivity index (χ1v) is 20.1. The molecule has 7 aromatic carbocycles. The topological polar surface area (TPSA) is 0 Å². The predicted molar refractivity (Wildman–Crippen MR) is 208 cm³/mol. The largest absolute Gasteiger partial charge is 1.00 e. The third-order valence-electron chi connectivity index (χ3n) is 10.1. The Morgan fingerprint density at radius 3 is 1.52 bits per heavy atom. The van der Waals surface area contributed by atoms with Gasteiger partial charge in [0.15, 0.2) is 0 Å². The minimum Gasteiger partial charge on any atom is -1.00 e. The molecule has 0 fully saturated rings. The Labute approximate surface area is 330 Å². The van der Waals surface area contributed by atoms with Crippen molar-refractivity contribution in [2.45, 2.75) is 10.0 Å². The number of benzene rings is 7. The minimum atomic E-state index is -1.37. The van der Waals surface area contributed by atoms with E-state index in [4.69, 9.17) is 0 Å². The van der Waals surface area contributed by atoms with Gasteiger partial charge in [0.05, 0.1) is 0 Å². The molecule has 0 nitrogen and oxygen atoms in total. The predicted octanol–water partition coefficient (Wildman–Crippen LogP) is 6.46. The Hall–Kier alpha value is -4.65. The van der Waals surface area contributed by atoms with E-state index in [0.717, 1.165) is 6.42 Å². The van der Waals surface area contributed by atoms with Gasteiger partial charge in [0, 0.05) is 0 Å². The van der Waals surface area contributed by atoms with Crippen LogP contribution in [0.5, 0.6) is 0 Å². The molecule has 249 valence electrons. The second kappa shape index (κ2) is 15.9. The van der Waals surface area contributed by atoms with Crippen LogP contribution in [0.25, 0.3) is 50.1 Å². The van der Waals surface area contributed by atoms with Gasteiger partial charge in [0.1, 0.15) is 0 Å². The van der Waals surface area contributed by atoms with E-state index in [1.54, 1.807) is 3.21 Å². The third-order valence-corrected chi connectivity index (χ3v) is 14.4. The zero-order valence-corrected chi connectivity index (χ0v) is 32.5. The van der Waals surface area contributed by atoms with Crippen LogP contribution in [0, 0.1) is 0 Å². The van der Waals surface area contributed by atoms with Gasteiger partial charge in [-0.1, -0.05) is 0 Å². The van der Waals surface area contributed by atoms with E-state index < -0.39 is 22.8 Å². The van der Waals surface area contributed by atoms with Gasteiger partial charge in [-0.15, -0.1) is 0 Å². The molecule has 0 spiro atoms. The molecule has 2 aliphatic rings. The van der Waals surface area contributed by atoms with Crippen molar-refractivity contribution in [3.63, 3.8) is 0 Å². The fourth-order valence-electron chi connectivity index (χ4n) is 7.86. The second-order valence-corrected chi connectivity index (χ2v) is 16.4. The Morgan fingerprint density at radius 1 is 0.462 bits per heavy atom. The molecule has 1 atom stereocenters. The van der Waals surface area contributed by atoms with Crippen LogP contribution in [0.15, 0.2) is 194 Å². The van der Waals surface area contributed by atoms with Gasteiger partial charge in [-0.2, -0.15) is 0 Å². The van der Waals surface area contributed by atoms with Crippen LogP contribution in [-0.4, -0.2) is 3.21 Å². The van der Waals surface area contributed by atoms with Crippen molar-refractivity contribution < 1.29 is 47.6 Å². The van der Waals surface area contributed by atoms with Crippen molar-refractivity contribution in [1.82, 2.24) is 0 Å². The van der Waals surface area contributed by atoms with E-state index in [0.29, 0.717) is 3.63 Å². The summed E-state index contributed by atoms with van der Waals surface area (Å²) in [5, 5.41) is 0. The Kier molecular flexibility index (Phi) is 11.0. The molecule has 52 heavy (non-hydrogen) atoms. The van der Waals surface area contributed by atoms with Gasteiger partial charge in [0.25, 0.3) is 0 Å². The third kappa shape index (κ3) is 6.59. The summed E-state index contributed by atoms with van der Waals surface area (Å²) in [7, 11) is 0. The quantitative estimate of drug-likeness (QED) is 0.174. The first-order valence-electron chi connectivity index (χ1n) is 17.5. The van der Waals surface area contributed by atoms with Crippen molar-refractivity contribution in [3.05, 3.63) is 222 Å². The van der Waals surface area contributed by atoms with Crippen LogP contribution in [0.2, 0.25) is 0 Å². The SMILES string of the molecule is C1=CCC(c2cc(-c3ccccc3)c(-c3ccccc3)c3c2[CH]([Zr+2]=[C](c2ccccc2)c2ccccc2)c2cccc(-c4ccccc4)c2-3)=C1.[Cl-].[Cl-].